The third-order valence-electron chi connectivity index (χ3n) is 2.59. The molecule has 3 rings (SSSR count). The van der Waals surface area contributed by atoms with Crippen molar-refractivity contribution in [2.75, 3.05) is 12.8 Å². The average molecular weight is 279 g/mol. The first-order valence-corrected chi connectivity index (χ1v) is 6.26. The van der Waals surface area contributed by atoms with Gasteiger partial charge in [0, 0.05) is 12.8 Å². The topological polar surface area (TPSA) is 78.3 Å². The first kappa shape index (κ1) is 12.0. The van der Waals surface area contributed by atoms with Crippen molar-refractivity contribution in [1.82, 2.24) is 19.8 Å². The van der Waals surface area contributed by atoms with E-state index < -0.39 is 5.82 Å². The molecule has 0 atom stereocenters. The highest BCUT2D eigenvalue weighted by molar-refractivity contribution is 7.19. The Labute approximate surface area is 111 Å². The minimum absolute atomic E-state index is 0.289. The molecule has 8 heteroatoms. The molecule has 0 bridgehead atoms. The Bertz CT molecular complexity index is 718. The Kier molecular flexibility index (Phi) is 2.88. The number of methoxy groups -OCH3 is 1. The molecule has 0 amide bonds. The highest BCUT2D eigenvalue weighted by Crippen LogP contribution is 2.32. The van der Waals surface area contributed by atoms with Gasteiger partial charge in [0.05, 0.1) is 5.56 Å². The fourth-order valence-electron chi connectivity index (χ4n) is 1.74. The number of fused-ring (bicyclic) bond motifs is 1. The van der Waals surface area contributed by atoms with Crippen LogP contribution in [-0.2, 0) is 11.3 Å². The number of hydrogen-bond acceptors (Lipinski definition) is 6. The van der Waals surface area contributed by atoms with Crippen molar-refractivity contribution < 1.29 is 9.13 Å². The average Bonchev–Trinajstić information content (AvgIpc) is 2.92. The maximum Gasteiger partial charge on any atom is 0.235 e. The first-order chi connectivity index (χ1) is 9.20. The molecule has 0 spiro atoms. The van der Waals surface area contributed by atoms with Crippen molar-refractivity contribution in [2.45, 2.75) is 6.61 Å². The van der Waals surface area contributed by atoms with Gasteiger partial charge >= 0.3 is 0 Å². The van der Waals surface area contributed by atoms with Crippen LogP contribution in [0.25, 0.3) is 15.5 Å². The molecule has 1 aromatic carbocycles. The number of halogens is 1. The summed E-state index contributed by atoms with van der Waals surface area (Å²) in [6, 6.07) is 4.55. The molecule has 0 radical (unpaired) electrons. The van der Waals surface area contributed by atoms with Gasteiger partial charge in [0.25, 0.3) is 0 Å². The predicted molar refractivity (Wildman–Crippen MR) is 69.2 cm³/mol. The van der Waals surface area contributed by atoms with Crippen molar-refractivity contribution >= 4 is 22.0 Å². The van der Waals surface area contributed by atoms with Crippen molar-refractivity contribution in [2.24, 2.45) is 0 Å². The van der Waals surface area contributed by atoms with Crippen molar-refractivity contribution in [3.8, 4) is 10.6 Å². The van der Waals surface area contributed by atoms with E-state index in [1.807, 2.05) is 0 Å². The lowest BCUT2D eigenvalue weighted by Crippen LogP contribution is -1.98. The van der Waals surface area contributed by atoms with Crippen LogP contribution >= 0.6 is 11.3 Å². The van der Waals surface area contributed by atoms with E-state index in [1.165, 1.54) is 21.9 Å². The molecule has 0 saturated carbocycles. The monoisotopic (exact) mass is 279 g/mol. The summed E-state index contributed by atoms with van der Waals surface area (Å²) in [4.78, 5) is 0.574. The number of ether oxygens (including phenoxy) is 1. The summed E-state index contributed by atoms with van der Waals surface area (Å²) in [5.41, 5.74) is 6.44. The van der Waals surface area contributed by atoms with Gasteiger partial charge in [-0.1, -0.05) is 17.4 Å². The lowest BCUT2D eigenvalue weighted by Gasteiger charge is -2.02. The Morgan fingerprint density at radius 3 is 3.00 bits per heavy atom. The SMILES string of the molecule is COCc1nnc2sc(-c3c(N)cccc3F)nn12. The van der Waals surface area contributed by atoms with Crippen molar-refractivity contribution in [1.29, 1.82) is 0 Å². The molecule has 0 aliphatic rings. The molecule has 0 unspecified atom stereocenters. The van der Waals surface area contributed by atoms with Gasteiger partial charge in [0.15, 0.2) is 10.8 Å². The van der Waals surface area contributed by atoms with Gasteiger partial charge in [-0.3, -0.25) is 0 Å². The quantitative estimate of drug-likeness (QED) is 0.738. The number of hydrogen-bond donors (Lipinski definition) is 1. The summed E-state index contributed by atoms with van der Waals surface area (Å²) < 4.78 is 20.4. The second kappa shape index (κ2) is 4.56. The van der Waals surface area contributed by atoms with E-state index in [-0.39, 0.29) is 6.61 Å². The van der Waals surface area contributed by atoms with Crippen LogP contribution in [0.4, 0.5) is 10.1 Å². The largest absolute Gasteiger partial charge is 0.398 e. The van der Waals surface area contributed by atoms with Crippen LogP contribution in [0.3, 0.4) is 0 Å². The summed E-state index contributed by atoms with van der Waals surface area (Å²) in [5, 5.41) is 12.7. The molecule has 98 valence electrons. The third kappa shape index (κ3) is 1.94. The minimum atomic E-state index is -0.404. The van der Waals surface area contributed by atoms with Gasteiger partial charge in [-0.25, -0.2) is 4.39 Å². The maximum absolute atomic E-state index is 13.8. The molecule has 2 heterocycles. The molecule has 0 aliphatic heterocycles. The normalized spacial score (nSPS) is 11.3. The number of aromatic nitrogens is 4. The molecule has 2 N–H and O–H groups in total. The van der Waals surface area contributed by atoms with Crippen LogP contribution in [0.15, 0.2) is 18.2 Å². The van der Waals surface area contributed by atoms with Gasteiger partial charge < -0.3 is 10.5 Å². The van der Waals surface area contributed by atoms with Gasteiger partial charge in [0.1, 0.15) is 12.4 Å². The summed E-state index contributed by atoms with van der Waals surface area (Å²) in [6.07, 6.45) is 0. The maximum atomic E-state index is 13.8. The van der Waals surface area contributed by atoms with Gasteiger partial charge in [-0.2, -0.15) is 9.61 Å². The van der Waals surface area contributed by atoms with E-state index in [9.17, 15) is 4.39 Å². The summed E-state index contributed by atoms with van der Waals surface area (Å²) in [6.45, 7) is 0.289. The zero-order chi connectivity index (χ0) is 13.4. The molecule has 19 heavy (non-hydrogen) atoms. The third-order valence-corrected chi connectivity index (χ3v) is 3.50. The predicted octanol–water partition coefficient (Wildman–Crippen LogP) is 1.72. The lowest BCUT2D eigenvalue weighted by atomic mass is 10.2. The van der Waals surface area contributed by atoms with Crippen molar-refractivity contribution in [3.05, 3.63) is 29.8 Å². The van der Waals surface area contributed by atoms with E-state index in [0.29, 0.717) is 27.0 Å². The van der Waals surface area contributed by atoms with E-state index >= 15 is 0 Å². The van der Waals surface area contributed by atoms with Crippen LogP contribution in [-0.4, -0.2) is 26.9 Å². The summed E-state index contributed by atoms with van der Waals surface area (Å²) in [5.74, 6) is 0.160. The first-order valence-electron chi connectivity index (χ1n) is 5.45. The minimum Gasteiger partial charge on any atom is -0.398 e. The number of nitrogen functional groups attached to an aromatic ring is 1. The zero-order valence-electron chi connectivity index (χ0n) is 10.00. The fourth-order valence-corrected chi connectivity index (χ4v) is 2.67. The molecular formula is C11H10FN5OS. The molecule has 0 fully saturated rings. The van der Waals surface area contributed by atoms with Crippen LogP contribution in [0, 0.1) is 5.82 Å². The standard InChI is InChI=1S/C11H10FN5OS/c1-18-5-8-14-15-11-17(8)16-10(19-11)9-6(12)3-2-4-7(9)13/h2-4H,5,13H2,1H3. The Balaban J connectivity index is 2.16. The highest BCUT2D eigenvalue weighted by atomic mass is 32.1. The van der Waals surface area contributed by atoms with Gasteiger partial charge in [-0.05, 0) is 12.1 Å². The zero-order valence-corrected chi connectivity index (χ0v) is 10.8. The Morgan fingerprint density at radius 1 is 1.42 bits per heavy atom. The lowest BCUT2D eigenvalue weighted by molar-refractivity contribution is 0.176. The second-order valence-corrected chi connectivity index (χ2v) is 4.81. The van der Waals surface area contributed by atoms with Crippen LogP contribution in [0.1, 0.15) is 5.82 Å². The van der Waals surface area contributed by atoms with Crippen LogP contribution in [0.2, 0.25) is 0 Å². The number of benzene rings is 1. The van der Waals surface area contributed by atoms with Gasteiger partial charge in [0.2, 0.25) is 4.96 Å². The van der Waals surface area contributed by atoms with E-state index in [4.69, 9.17) is 10.5 Å². The Hall–Kier alpha value is -2.06. The summed E-state index contributed by atoms with van der Waals surface area (Å²) >= 11 is 1.23. The smallest absolute Gasteiger partial charge is 0.235 e. The highest BCUT2D eigenvalue weighted by Gasteiger charge is 2.17. The number of nitrogens with two attached hydrogens (primary N) is 1. The molecule has 0 saturated heterocycles. The summed E-state index contributed by atoms with van der Waals surface area (Å²) in [7, 11) is 1.56. The Morgan fingerprint density at radius 2 is 2.26 bits per heavy atom. The van der Waals surface area contributed by atoms with E-state index in [1.54, 1.807) is 19.2 Å². The van der Waals surface area contributed by atoms with Crippen LogP contribution < -0.4 is 5.73 Å². The second-order valence-electron chi connectivity index (χ2n) is 3.85. The van der Waals surface area contributed by atoms with Crippen LogP contribution in [0.5, 0.6) is 0 Å². The number of anilines is 1. The van der Waals surface area contributed by atoms with Gasteiger partial charge in [-0.15, -0.1) is 10.2 Å². The number of rotatable bonds is 3. The fraction of sp³-hybridized carbons (Fsp3) is 0.182. The van der Waals surface area contributed by atoms with E-state index in [0.717, 1.165) is 0 Å². The molecule has 3 aromatic rings. The molecule has 2 aromatic heterocycles. The van der Waals surface area contributed by atoms with Crippen molar-refractivity contribution in [3.63, 3.8) is 0 Å². The molecule has 0 aliphatic carbocycles. The number of nitrogens with zero attached hydrogens (tertiary/aromatic N) is 4. The molecule has 6 nitrogen and oxygen atoms in total. The van der Waals surface area contributed by atoms with E-state index in [2.05, 4.69) is 15.3 Å². The molecular weight excluding hydrogens is 269 g/mol.